The van der Waals surface area contributed by atoms with Gasteiger partial charge in [-0.05, 0) is 17.7 Å². The van der Waals surface area contributed by atoms with Crippen molar-refractivity contribution in [1.82, 2.24) is 15.5 Å². The quantitative estimate of drug-likeness (QED) is 0.772. The molecule has 3 aromatic rings. The predicted octanol–water partition coefficient (Wildman–Crippen LogP) is 3.66. The Balaban J connectivity index is 1.75. The summed E-state index contributed by atoms with van der Waals surface area (Å²) in [5, 5.41) is 10.4. The molecule has 0 radical (unpaired) electrons. The summed E-state index contributed by atoms with van der Waals surface area (Å²) in [4.78, 5) is 12.4. The molecule has 0 aliphatic carbocycles. The van der Waals surface area contributed by atoms with Crippen molar-refractivity contribution in [3.8, 4) is 11.3 Å². The molecular formula is C17H14ClN3O. The van der Waals surface area contributed by atoms with E-state index in [0.29, 0.717) is 22.8 Å². The zero-order valence-corrected chi connectivity index (χ0v) is 12.5. The normalized spacial score (nSPS) is 10.4. The van der Waals surface area contributed by atoms with Gasteiger partial charge in [-0.25, -0.2) is 0 Å². The van der Waals surface area contributed by atoms with Gasteiger partial charge in [0.1, 0.15) is 0 Å². The number of carbonyl (C=O) groups is 1. The molecule has 1 aromatic heterocycles. The number of aromatic nitrogens is 2. The van der Waals surface area contributed by atoms with Crippen LogP contribution in [0, 0.1) is 0 Å². The Morgan fingerprint density at radius 3 is 2.73 bits per heavy atom. The Hall–Kier alpha value is -2.59. The van der Waals surface area contributed by atoms with Gasteiger partial charge in [0, 0.05) is 17.1 Å². The van der Waals surface area contributed by atoms with Gasteiger partial charge in [-0.3, -0.25) is 9.89 Å². The summed E-state index contributed by atoms with van der Waals surface area (Å²) in [6.45, 7) is 0.415. The van der Waals surface area contributed by atoms with Crippen molar-refractivity contribution >= 4 is 17.5 Å². The molecule has 2 aromatic carbocycles. The van der Waals surface area contributed by atoms with Gasteiger partial charge < -0.3 is 5.32 Å². The molecule has 1 heterocycles. The lowest BCUT2D eigenvalue weighted by Crippen LogP contribution is -2.22. The van der Waals surface area contributed by atoms with E-state index >= 15 is 0 Å². The van der Waals surface area contributed by atoms with E-state index in [2.05, 4.69) is 15.5 Å². The topological polar surface area (TPSA) is 57.8 Å². The van der Waals surface area contributed by atoms with Crippen LogP contribution in [0.4, 0.5) is 0 Å². The first kappa shape index (κ1) is 14.4. The fourth-order valence-corrected chi connectivity index (χ4v) is 2.42. The maximum atomic E-state index is 12.4. The van der Waals surface area contributed by atoms with E-state index < -0.39 is 0 Å². The van der Waals surface area contributed by atoms with Crippen LogP contribution in [-0.4, -0.2) is 16.1 Å². The van der Waals surface area contributed by atoms with Crippen LogP contribution in [0.3, 0.4) is 0 Å². The molecule has 4 nitrogen and oxygen atoms in total. The molecule has 0 saturated heterocycles. The van der Waals surface area contributed by atoms with Gasteiger partial charge >= 0.3 is 0 Å². The SMILES string of the molecule is O=C(NCc1cccc(Cl)c1)c1cn[nH]c1-c1ccccc1. The average Bonchev–Trinajstić information content (AvgIpc) is 3.03. The molecule has 3 rings (SSSR count). The number of halogens is 1. The molecule has 110 valence electrons. The first-order chi connectivity index (χ1) is 10.7. The third-order valence-electron chi connectivity index (χ3n) is 3.29. The molecule has 1 amide bonds. The van der Waals surface area contributed by atoms with E-state index in [1.807, 2.05) is 48.5 Å². The largest absolute Gasteiger partial charge is 0.348 e. The van der Waals surface area contributed by atoms with Crippen molar-refractivity contribution in [3.63, 3.8) is 0 Å². The summed E-state index contributed by atoms with van der Waals surface area (Å²) >= 11 is 5.94. The van der Waals surface area contributed by atoms with Crippen molar-refractivity contribution < 1.29 is 4.79 Å². The Kier molecular flexibility index (Phi) is 4.21. The van der Waals surface area contributed by atoms with Gasteiger partial charge in [0.25, 0.3) is 5.91 Å². The highest BCUT2D eigenvalue weighted by Gasteiger charge is 2.14. The zero-order valence-electron chi connectivity index (χ0n) is 11.7. The Morgan fingerprint density at radius 1 is 1.14 bits per heavy atom. The van der Waals surface area contributed by atoms with Crippen LogP contribution in [0.2, 0.25) is 5.02 Å². The molecular weight excluding hydrogens is 298 g/mol. The predicted molar refractivity (Wildman–Crippen MR) is 86.6 cm³/mol. The van der Waals surface area contributed by atoms with E-state index in [4.69, 9.17) is 11.6 Å². The fraction of sp³-hybridized carbons (Fsp3) is 0.0588. The number of benzene rings is 2. The first-order valence-electron chi connectivity index (χ1n) is 6.85. The lowest BCUT2D eigenvalue weighted by atomic mass is 10.1. The monoisotopic (exact) mass is 311 g/mol. The molecule has 2 N–H and O–H groups in total. The molecule has 0 bridgehead atoms. The summed E-state index contributed by atoms with van der Waals surface area (Å²) in [6, 6.07) is 17.0. The van der Waals surface area contributed by atoms with E-state index in [-0.39, 0.29) is 5.91 Å². The second-order valence-electron chi connectivity index (χ2n) is 4.84. The molecule has 0 aliphatic rings. The smallest absolute Gasteiger partial charge is 0.255 e. The van der Waals surface area contributed by atoms with Crippen LogP contribution >= 0.6 is 11.6 Å². The lowest BCUT2D eigenvalue weighted by molar-refractivity contribution is 0.0951. The van der Waals surface area contributed by atoms with Gasteiger partial charge in [-0.15, -0.1) is 0 Å². The van der Waals surface area contributed by atoms with Crippen LogP contribution in [0.5, 0.6) is 0 Å². The molecule has 5 heteroatoms. The highest BCUT2D eigenvalue weighted by molar-refractivity contribution is 6.30. The average molecular weight is 312 g/mol. The minimum absolute atomic E-state index is 0.174. The third-order valence-corrected chi connectivity index (χ3v) is 3.52. The number of nitrogens with zero attached hydrogens (tertiary/aromatic N) is 1. The number of H-pyrrole nitrogens is 1. The molecule has 0 spiro atoms. The van der Waals surface area contributed by atoms with Gasteiger partial charge in [-0.2, -0.15) is 5.10 Å². The van der Waals surface area contributed by atoms with E-state index in [1.54, 1.807) is 6.07 Å². The van der Waals surface area contributed by atoms with E-state index in [0.717, 1.165) is 11.1 Å². The Bertz CT molecular complexity index is 783. The van der Waals surface area contributed by atoms with Crippen LogP contribution in [0.1, 0.15) is 15.9 Å². The fourth-order valence-electron chi connectivity index (χ4n) is 2.21. The Labute approximate surface area is 133 Å². The molecule has 22 heavy (non-hydrogen) atoms. The summed E-state index contributed by atoms with van der Waals surface area (Å²) in [6.07, 6.45) is 1.54. The number of nitrogens with one attached hydrogen (secondary N) is 2. The molecule has 0 atom stereocenters. The van der Waals surface area contributed by atoms with Gasteiger partial charge in [0.05, 0.1) is 17.5 Å². The van der Waals surface area contributed by atoms with Crippen molar-refractivity contribution in [3.05, 3.63) is 76.9 Å². The van der Waals surface area contributed by atoms with Gasteiger partial charge in [0.2, 0.25) is 0 Å². The van der Waals surface area contributed by atoms with Gasteiger partial charge in [-0.1, -0.05) is 54.1 Å². The van der Waals surface area contributed by atoms with Crippen molar-refractivity contribution in [2.24, 2.45) is 0 Å². The van der Waals surface area contributed by atoms with E-state index in [1.165, 1.54) is 6.20 Å². The summed E-state index contributed by atoms with van der Waals surface area (Å²) in [7, 11) is 0. The minimum Gasteiger partial charge on any atom is -0.348 e. The summed E-state index contributed by atoms with van der Waals surface area (Å²) < 4.78 is 0. The number of hydrogen-bond acceptors (Lipinski definition) is 2. The molecule has 0 fully saturated rings. The first-order valence-corrected chi connectivity index (χ1v) is 7.23. The number of aromatic amines is 1. The number of rotatable bonds is 4. The summed E-state index contributed by atoms with van der Waals surface area (Å²) in [5.41, 5.74) is 3.11. The second-order valence-corrected chi connectivity index (χ2v) is 5.27. The minimum atomic E-state index is -0.174. The second kappa shape index (κ2) is 6.45. The van der Waals surface area contributed by atoms with Gasteiger partial charge in [0.15, 0.2) is 0 Å². The number of carbonyl (C=O) groups excluding carboxylic acids is 1. The molecule has 0 saturated carbocycles. The van der Waals surface area contributed by atoms with E-state index in [9.17, 15) is 4.79 Å². The van der Waals surface area contributed by atoms with Crippen molar-refractivity contribution in [2.45, 2.75) is 6.54 Å². The standard InChI is InChI=1S/C17H14ClN3O/c18-14-8-4-5-12(9-14)10-19-17(22)15-11-20-21-16(15)13-6-2-1-3-7-13/h1-9,11H,10H2,(H,19,22)(H,20,21). The molecule has 0 aliphatic heterocycles. The van der Waals surface area contributed by atoms with Crippen molar-refractivity contribution in [1.29, 1.82) is 0 Å². The zero-order chi connectivity index (χ0) is 15.4. The van der Waals surface area contributed by atoms with Crippen LogP contribution in [-0.2, 0) is 6.54 Å². The highest BCUT2D eigenvalue weighted by atomic mass is 35.5. The lowest BCUT2D eigenvalue weighted by Gasteiger charge is -2.06. The highest BCUT2D eigenvalue weighted by Crippen LogP contribution is 2.20. The molecule has 0 unspecified atom stereocenters. The maximum Gasteiger partial charge on any atom is 0.255 e. The Morgan fingerprint density at radius 2 is 1.95 bits per heavy atom. The van der Waals surface area contributed by atoms with Crippen LogP contribution < -0.4 is 5.32 Å². The van der Waals surface area contributed by atoms with Crippen LogP contribution in [0.15, 0.2) is 60.8 Å². The number of amides is 1. The number of hydrogen-bond donors (Lipinski definition) is 2. The van der Waals surface area contributed by atoms with Crippen molar-refractivity contribution in [2.75, 3.05) is 0 Å². The third kappa shape index (κ3) is 3.18. The van der Waals surface area contributed by atoms with Crippen LogP contribution in [0.25, 0.3) is 11.3 Å². The maximum absolute atomic E-state index is 12.4. The summed E-state index contributed by atoms with van der Waals surface area (Å²) in [5.74, 6) is -0.174.